The number of fused-ring (bicyclic) bond motifs is 6. The topological polar surface area (TPSA) is 56.7 Å². The molecule has 3 aromatic heterocycles. The maximum Gasteiger partial charge on any atom is 0.164 e. The van der Waals surface area contributed by atoms with Gasteiger partial charge in [0.2, 0.25) is 0 Å². The fourth-order valence-electron chi connectivity index (χ4n) is 9.27. The molecule has 0 amide bonds. The normalized spacial score (nSPS) is 11.6. The van der Waals surface area contributed by atoms with Crippen molar-refractivity contribution in [1.29, 1.82) is 0 Å². The summed E-state index contributed by atoms with van der Waals surface area (Å²) in [6.07, 6.45) is 0. The molecule has 0 bridgehead atoms. The van der Waals surface area contributed by atoms with Crippen LogP contribution < -0.4 is 27.3 Å². The number of benzene rings is 8. The fourth-order valence-corrected chi connectivity index (χ4v) is 9.27. The SMILES string of the molecule is Bc1c(B)c(B)c(-c2ccc(-c3nc(-c4ccccc4)nc(-c4ccc5oc6cccc(-c7ccc8c(c7)c7ccccc7n8-c7ccccc7)c6c5c4)n3)cc2)c(B)c1B. The first kappa shape index (κ1) is 36.8. The van der Waals surface area contributed by atoms with Crippen LogP contribution in [0, 0.1) is 0 Å². The Morgan fingerprint density at radius 2 is 0.918 bits per heavy atom. The molecule has 0 unspecified atom stereocenters. The van der Waals surface area contributed by atoms with Crippen LogP contribution >= 0.6 is 0 Å². The van der Waals surface area contributed by atoms with Gasteiger partial charge in [0.05, 0.1) is 11.0 Å². The Morgan fingerprint density at radius 3 is 1.64 bits per heavy atom. The van der Waals surface area contributed by atoms with Crippen molar-refractivity contribution in [3.63, 3.8) is 0 Å². The smallest absolute Gasteiger partial charge is 0.164 e. The van der Waals surface area contributed by atoms with E-state index in [1.807, 2.05) is 36.4 Å². The highest BCUT2D eigenvalue weighted by molar-refractivity contribution is 6.68. The third kappa shape index (κ3) is 6.04. The number of para-hydroxylation sites is 2. The number of nitrogens with zero attached hydrogens (tertiary/aromatic N) is 4. The van der Waals surface area contributed by atoms with E-state index < -0.39 is 0 Å². The predicted molar refractivity (Wildman–Crippen MR) is 270 cm³/mol. The first-order valence-electron chi connectivity index (χ1n) is 20.9. The largest absolute Gasteiger partial charge is 0.456 e. The number of furan rings is 1. The van der Waals surface area contributed by atoms with Crippen LogP contribution in [-0.4, -0.2) is 58.8 Å². The van der Waals surface area contributed by atoms with Crippen LogP contribution in [0.25, 0.3) is 106 Å². The molecule has 0 N–H and O–H groups in total. The molecule has 61 heavy (non-hydrogen) atoms. The Kier molecular flexibility index (Phi) is 8.71. The van der Waals surface area contributed by atoms with E-state index in [2.05, 4.69) is 171 Å². The van der Waals surface area contributed by atoms with Gasteiger partial charge in [-0.05, 0) is 76.9 Å². The second-order valence-electron chi connectivity index (χ2n) is 16.2. The number of hydrogen-bond donors (Lipinski definition) is 0. The molecule has 282 valence electrons. The third-order valence-corrected chi connectivity index (χ3v) is 12.9. The molecular weight excluding hydrogens is 739 g/mol. The van der Waals surface area contributed by atoms with Crippen molar-refractivity contribution in [1.82, 2.24) is 19.5 Å². The van der Waals surface area contributed by atoms with E-state index in [0.29, 0.717) is 17.5 Å². The lowest BCUT2D eigenvalue weighted by Crippen LogP contribution is -2.55. The summed E-state index contributed by atoms with van der Waals surface area (Å²) in [5, 5.41) is 4.49. The van der Waals surface area contributed by atoms with Crippen LogP contribution in [0.2, 0.25) is 0 Å². The van der Waals surface area contributed by atoms with E-state index in [0.717, 1.165) is 55.4 Å². The second kappa shape index (κ2) is 14.5. The summed E-state index contributed by atoms with van der Waals surface area (Å²) < 4.78 is 8.89. The lowest BCUT2D eigenvalue weighted by molar-refractivity contribution is 0.669. The van der Waals surface area contributed by atoms with E-state index in [4.69, 9.17) is 19.4 Å². The monoisotopic (exact) mass is 776 g/mol. The van der Waals surface area contributed by atoms with Crippen molar-refractivity contribution < 1.29 is 4.42 Å². The molecule has 0 fully saturated rings. The predicted octanol–water partition coefficient (Wildman–Crippen LogP) is 4.50. The van der Waals surface area contributed by atoms with Crippen molar-refractivity contribution in [2.24, 2.45) is 0 Å². The van der Waals surface area contributed by atoms with Gasteiger partial charge in [0, 0.05) is 43.9 Å². The molecule has 0 aliphatic rings. The molecule has 0 saturated carbocycles. The lowest BCUT2D eigenvalue weighted by Gasteiger charge is -2.20. The summed E-state index contributed by atoms with van der Waals surface area (Å²) in [6.45, 7) is 0. The van der Waals surface area contributed by atoms with Gasteiger partial charge in [-0.1, -0.05) is 120 Å². The summed E-state index contributed by atoms with van der Waals surface area (Å²) in [4.78, 5) is 15.3. The molecule has 0 atom stereocenters. The van der Waals surface area contributed by atoms with Gasteiger partial charge in [0.15, 0.2) is 17.5 Å². The van der Waals surface area contributed by atoms with Crippen LogP contribution in [0.3, 0.4) is 0 Å². The van der Waals surface area contributed by atoms with Gasteiger partial charge < -0.3 is 8.98 Å². The molecule has 11 rings (SSSR count). The summed E-state index contributed by atoms with van der Waals surface area (Å²) in [6, 6.07) is 57.5. The molecule has 5 nitrogen and oxygen atoms in total. The van der Waals surface area contributed by atoms with E-state index in [9.17, 15) is 0 Å². The Morgan fingerprint density at radius 1 is 0.377 bits per heavy atom. The van der Waals surface area contributed by atoms with Crippen LogP contribution in [-0.2, 0) is 0 Å². The van der Waals surface area contributed by atoms with E-state index in [1.165, 1.54) is 60.2 Å². The summed E-state index contributed by atoms with van der Waals surface area (Å²) in [5.41, 5.74) is 19.3. The third-order valence-electron chi connectivity index (χ3n) is 12.9. The Balaban J connectivity index is 1.05. The standard InChI is InChI=1S/C51H37B5N4O/c52-44-42(45(53)47(55)48(56)46(44)54)28-18-20-30(21-19-28)50-57-49(29-10-3-1-4-11-29)58-51(59-50)32-23-25-40-37(27-32)43-34(15-9-17-41(43)61-40)31-22-24-39-36(26-31)35-14-7-8-16-38(35)60(39)33-12-5-2-6-13-33/h1-27H,52-56H2. The quantitative estimate of drug-likeness (QED) is 0.234. The average Bonchev–Trinajstić information content (AvgIpc) is 3.86. The van der Waals surface area contributed by atoms with Gasteiger partial charge in [-0.3, -0.25) is 0 Å². The van der Waals surface area contributed by atoms with Gasteiger partial charge in [-0.15, -0.1) is 16.4 Å². The second-order valence-corrected chi connectivity index (χ2v) is 16.2. The highest BCUT2D eigenvalue weighted by Crippen LogP contribution is 2.41. The van der Waals surface area contributed by atoms with Crippen molar-refractivity contribution >= 4 is 110 Å². The number of hydrogen-bond acceptors (Lipinski definition) is 4. The molecule has 10 heteroatoms. The van der Waals surface area contributed by atoms with Crippen molar-refractivity contribution in [2.45, 2.75) is 0 Å². The van der Waals surface area contributed by atoms with Crippen molar-refractivity contribution in [3.8, 4) is 62.1 Å². The number of aromatic nitrogens is 4. The maximum absolute atomic E-state index is 6.54. The van der Waals surface area contributed by atoms with E-state index in [-0.39, 0.29) is 0 Å². The molecule has 0 aliphatic heterocycles. The maximum atomic E-state index is 6.54. The van der Waals surface area contributed by atoms with Crippen LogP contribution in [0.4, 0.5) is 0 Å². The molecule has 0 spiro atoms. The zero-order valence-electron chi connectivity index (χ0n) is 34.8. The Labute approximate surface area is 358 Å². The highest BCUT2D eigenvalue weighted by atomic mass is 16.3. The Hall–Kier alpha value is -7.31. The zero-order valence-corrected chi connectivity index (χ0v) is 34.8. The van der Waals surface area contributed by atoms with Crippen LogP contribution in [0.1, 0.15) is 0 Å². The van der Waals surface area contributed by atoms with Crippen molar-refractivity contribution in [2.75, 3.05) is 0 Å². The highest BCUT2D eigenvalue weighted by Gasteiger charge is 2.19. The van der Waals surface area contributed by atoms with Gasteiger partial charge in [-0.25, -0.2) is 15.0 Å². The van der Waals surface area contributed by atoms with Gasteiger partial charge in [0.1, 0.15) is 50.4 Å². The molecule has 0 aliphatic carbocycles. The summed E-state index contributed by atoms with van der Waals surface area (Å²) in [7, 11) is 11.1. The molecule has 8 aromatic carbocycles. The van der Waals surface area contributed by atoms with Crippen LogP contribution in [0.15, 0.2) is 168 Å². The van der Waals surface area contributed by atoms with E-state index in [1.54, 1.807) is 0 Å². The van der Waals surface area contributed by atoms with Crippen molar-refractivity contribution in [3.05, 3.63) is 164 Å². The minimum Gasteiger partial charge on any atom is -0.456 e. The summed E-state index contributed by atoms with van der Waals surface area (Å²) in [5.74, 6) is 1.86. The van der Waals surface area contributed by atoms with E-state index >= 15 is 0 Å². The fraction of sp³-hybridized carbons (Fsp3) is 0. The molecular formula is C51H37B5N4O. The molecule has 0 saturated heterocycles. The first-order chi connectivity index (χ1) is 29.8. The summed E-state index contributed by atoms with van der Waals surface area (Å²) >= 11 is 0. The lowest BCUT2D eigenvalue weighted by atomic mass is 9.59. The molecule has 11 aromatic rings. The van der Waals surface area contributed by atoms with Crippen LogP contribution in [0.5, 0.6) is 0 Å². The minimum atomic E-state index is 0.605. The zero-order chi connectivity index (χ0) is 41.4. The average molecular weight is 776 g/mol. The minimum absolute atomic E-state index is 0.605. The Bertz CT molecular complexity index is 3500. The molecule has 0 radical (unpaired) electrons. The van der Waals surface area contributed by atoms with Gasteiger partial charge in [0.25, 0.3) is 0 Å². The van der Waals surface area contributed by atoms with Gasteiger partial charge in [-0.2, -0.15) is 0 Å². The molecule has 3 heterocycles. The first-order valence-corrected chi connectivity index (χ1v) is 20.9. The van der Waals surface area contributed by atoms with Gasteiger partial charge >= 0.3 is 0 Å². The number of rotatable bonds is 6.